The summed E-state index contributed by atoms with van der Waals surface area (Å²) in [6.07, 6.45) is 5.12. The van der Waals surface area contributed by atoms with E-state index in [4.69, 9.17) is 0 Å². The molecule has 1 aromatic carbocycles. The number of phenols is 1. The summed E-state index contributed by atoms with van der Waals surface area (Å²) in [5.41, 5.74) is 1.39. The van der Waals surface area contributed by atoms with Gasteiger partial charge in [0, 0.05) is 37.8 Å². The molecule has 1 N–H and O–H groups in total. The summed E-state index contributed by atoms with van der Waals surface area (Å²) >= 11 is 0. The number of carbonyl (C=O) groups is 1. The number of nitrogens with zero attached hydrogens (tertiary/aromatic N) is 3. The van der Waals surface area contributed by atoms with Gasteiger partial charge < -0.3 is 5.11 Å². The lowest BCUT2D eigenvalue weighted by Gasteiger charge is -2.65. The Bertz CT molecular complexity index is 909. The number of carbonyl (C=O) groups excluding carboxylic acids is 1. The summed E-state index contributed by atoms with van der Waals surface area (Å²) in [5.74, 6) is 0.719. The van der Waals surface area contributed by atoms with Crippen molar-refractivity contribution in [1.82, 2.24) is 14.8 Å². The number of rotatable bonds is 4. The summed E-state index contributed by atoms with van der Waals surface area (Å²) in [6, 6.07) is 7.77. The lowest BCUT2D eigenvalue weighted by atomic mass is 9.59. The van der Waals surface area contributed by atoms with Gasteiger partial charge in [-0.3, -0.25) is 19.6 Å². The van der Waals surface area contributed by atoms with Crippen molar-refractivity contribution < 1.29 is 9.90 Å². The van der Waals surface area contributed by atoms with Gasteiger partial charge in [-0.15, -0.1) is 0 Å². The molecule has 1 aromatic heterocycles. The van der Waals surface area contributed by atoms with Crippen LogP contribution in [0.4, 0.5) is 0 Å². The predicted molar refractivity (Wildman–Crippen MR) is 104 cm³/mol. The van der Waals surface area contributed by atoms with Crippen LogP contribution in [-0.2, 0) is 4.79 Å². The number of aromatic nitrogens is 1. The van der Waals surface area contributed by atoms with Crippen LogP contribution in [0.25, 0.3) is 10.9 Å². The van der Waals surface area contributed by atoms with Gasteiger partial charge >= 0.3 is 0 Å². The second kappa shape index (κ2) is 5.76. The zero-order chi connectivity index (χ0) is 18.8. The van der Waals surface area contributed by atoms with Gasteiger partial charge in [-0.25, -0.2) is 0 Å². The lowest BCUT2D eigenvalue weighted by molar-refractivity contribution is -0.201. The van der Waals surface area contributed by atoms with Crippen molar-refractivity contribution in [2.24, 2.45) is 10.8 Å². The van der Waals surface area contributed by atoms with Crippen LogP contribution in [0.1, 0.15) is 44.8 Å². The smallest absolute Gasteiger partial charge is 0.150 e. The number of fused-ring (bicyclic) bond motifs is 1. The molecule has 0 radical (unpaired) electrons. The monoisotopic (exact) mass is 365 g/mol. The molecule has 27 heavy (non-hydrogen) atoms. The largest absolute Gasteiger partial charge is 0.506 e. The highest BCUT2D eigenvalue weighted by Crippen LogP contribution is 2.54. The van der Waals surface area contributed by atoms with Crippen molar-refractivity contribution in [2.75, 3.05) is 26.2 Å². The van der Waals surface area contributed by atoms with Crippen LogP contribution in [-0.4, -0.2) is 51.9 Å². The number of benzene rings is 1. The van der Waals surface area contributed by atoms with Crippen molar-refractivity contribution in [3.8, 4) is 5.75 Å². The fraction of sp³-hybridized carbons (Fsp3) is 0.545. The van der Waals surface area contributed by atoms with E-state index >= 15 is 0 Å². The van der Waals surface area contributed by atoms with E-state index in [0.717, 1.165) is 50.8 Å². The van der Waals surface area contributed by atoms with Crippen LogP contribution >= 0.6 is 0 Å². The zero-order valence-electron chi connectivity index (χ0n) is 16.1. The van der Waals surface area contributed by atoms with E-state index in [0.29, 0.717) is 11.3 Å². The number of pyridine rings is 1. The van der Waals surface area contributed by atoms with Gasteiger partial charge in [0.2, 0.25) is 0 Å². The number of ketones is 1. The molecule has 2 unspecified atom stereocenters. The van der Waals surface area contributed by atoms with Crippen LogP contribution in [0.2, 0.25) is 0 Å². The number of unbranched alkanes of at least 4 members (excludes halogenated alkanes) is 1. The van der Waals surface area contributed by atoms with E-state index in [1.165, 1.54) is 5.56 Å². The van der Waals surface area contributed by atoms with E-state index in [9.17, 15) is 9.90 Å². The molecule has 4 aliphatic rings. The highest BCUT2D eigenvalue weighted by molar-refractivity contribution is 5.93. The van der Waals surface area contributed by atoms with Gasteiger partial charge in [0.05, 0.1) is 17.0 Å². The molecule has 4 bridgehead atoms. The Labute approximate surface area is 160 Å². The second-order valence-electron chi connectivity index (χ2n) is 9.03. The highest BCUT2D eigenvalue weighted by atomic mass is 16.3. The first-order valence-electron chi connectivity index (χ1n) is 10.1. The quantitative estimate of drug-likeness (QED) is 0.901. The Kier molecular flexibility index (Phi) is 3.66. The predicted octanol–water partition coefficient (Wildman–Crippen LogP) is 3.34. The van der Waals surface area contributed by atoms with Gasteiger partial charge in [-0.2, -0.15) is 0 Å². The minimum absolute atomic E-state index is 0.160. The summed E-state index contributed by atoms with van der Waals surface area (Å²) in [6.45, 7) is 7.70. The molecule has 6 rings (SSSR count). The Morgan fingerprint density at radius 1 is 1.19 bits per heavy atom. The van der Waals surface area contributed by atoms with Crippen molar-refractivity contribution in [3.63, 3.8) is 0 Å². The minimum atomic E-state index is -0.258. The molecular formula is C22H27N3O2. The second-order valence-corrected chi connectivity index (χ2v) is 9.03. The van der Waals surface area contributed by atoms with E-state index in [1.54, 1.807) is 12.3 Å². The van der Waals surface area contributed by atoms with E-state index in [-0.39, 0.29) is 22.7 Å². The fourth-order valence-electron chi connectivity index (χ4n) is 5.98. The Hall–Kier alpha value is -1.98. The average Bonchev–Trinajstić information content (AvgIpc) is 2.65. The Morgan fingerprint density at radius 3 is 2.63 bits per heavy atom. The molecule has 0 amide bonds. The molecule has 0 saturated carbocycles. The third-order valence-corrected chi connectivity index (χ3v) is 6.91. The van der Waals surface area contributed by atoms with Gasteiger partial charge in [0.1, 0.15) is 17.0 Å². The number of hydrogen-bond acceptors (Lipinski definition) is 5. The number of hydrogen-bond donors (Lipinski definition) is 1. The van der Waals surface area contributed by atoms with E-state index < -0.39 is 0 Å². The molecule has 0 aliphatic carbocycles. The average molecular weight is 365 g/mol. The maximum Gasteiger partial charge on any atom is 0.150 e. The third kappa shape index (κ3) is 2.31. The van der Waals surface area contributed by atoms with Crippen LogP contribution in [0, 0.1) is 10.8 Å². The first kappa shape index (κ1) is 17.1. The number of aromatic hydroxyl groups is 1. The standard InChI is InChI=1S/C22H27N3O2/c1-3-4-9-22-13-24-11-21(2,20(22)27)12-25(14-22)19(24)16-7-8-17(26)18-15(16)6-5-10-23-18/h5-8,10,19,26H,3-4,9,11-14H2,1-2H3. The molecule has 5 heteroatoms. The Balaban J connectivity index is 1.59. The molecular weight excluding hydrogens is 338 g/mol. The zero-order valence-corrected chi connectivity index (χ0v) is 16.1. The van der Waals surface area contributed by atoms with Gasteiger partial charge in [0.25, 0.3) is 0 Å². The van der Waals surface area contributed by atoms with Gasteiger partial charge in [-0.05, 0) is 24.1 Å². The van der Waals surface area contributed by atoms with Crippen molar-refractivity contribution in [1.29, 1.82) is 0 Å². The Morgan fingerprint density at radius 2 is 1.93 bits per heavy atom. The van der Waals surface area contributed by atoms with Gasteiger partial charge in [-0.1, -0.05) is 38.8 Å². The fourth-order valence-corrected chi connectivity index (χ4v) is 5.98. The first-order valence-corrected chi connectivity index (χ1v) is 10.1. The molecule has 4 aliphatic heterocycles. The molecule has 0 spiro atoms. The maximum absolute atomic E-state index is 13.3. The third-order valence-electron chi connectivity index (χ3n) is 6.91. The summed E-state index contributed by atoms with van der Waals surface area (Å²) in [7, 11) is 0. The highest BCUT2D eigenvalue weighted by Gasteiger charge is 2.63. The van der Waals surface area contributed by atoms with E-state index in [2.05, 4.69) is 28.6 Å². The number of piperidine rings is 2. The summed E-state index contributed by atoms with van der Waals surface area (Å²) in [5, 5.41) is 11.2. The molecule has 5 nitrogen and oxygen atoms in total. The molecule has 142 valence electrons. The molecule has 2 aromatic rings. The SMILES string of the molecule is CCCCC12CN3CC(C)(CN(C1)C3c1ccc(O)c3ncccc13)C2=O. The number of Topliss-reactive ketones (excluding diaryl/α,β-unsaturated/α-hetero) is 1. The van der Waals surface area contributed by atoms with Gasteiger partial charge in [0.15, 0.2) is 0 Å². The van der Waals surface area contributed by atoms with Crippen molar-refractivity contribution in [2.45, 2.75) is 39.3 Å². The normalized spacial score (nSPS) is 37.3. The summed E-state index contributed by atoms with van der Waals surface area (Å²) < 4.78 is 0. The van der Waals surface area contributed by atoms with Crippen LogP contribution in [0.15, 0.2) is 30.5 Å². The molecule has 5 heterocycles. The minimum Gasteiger partial charge on any atom is -0.506 e. The molecule has 4 fully saturated rings. The van der Waals surface area contributed by atoms with E-state index in [1.807, 2.05) is 18.2 Å². The number of phenolic OH excluding ortho intramolecular Hbond substituents is 1. The summed E-state index contributed by atoms with van der Waals surface area (Å²) in [4.78, 5) is 22.7. The molecule has 2 atom stereocenters. The lowest BCUT2D eigenvalue weighted by Crippen LogP contribution is -2.76. The van der Waals surface area contributed by atoms with Crippen LogP contribution in [0.5, 0.6) is 5.75 Å². The maximum atomic E-state index is 13.3. The van der Waals surface area contributed by atoms with Crippen LogP contribution < -0.4 is 0 Å². The first-order chi connectivity index (χ1) is 13.0. The van der Waals surface area contributed by atoms with Crippen LogP contribution in [0.3, 0.4) is 0 Å². The molecule has 4 saturated heterocycles. The van der Waals surface area contributed by atoms with Crippen molar-refractivity contribution >= 4 is 16.7 Å². The topological polar surface area (TPSA) is 56.7 Å². The van der Waals surface area contributed by atoms with Crippen molar-refractivity contribution in [3.05, 3.63) is 36.0 Å².